The first-order valence-corrected chi connectivity index (χ1v) is 5.87. The van der Waals surface area contributed by atoms with Crippen molar-refractivity contribution in [2.24, 2.45) is 0 Å². The second-order valence-corrected chi connectivity index (χ2v) is 4.48. The maximum atomic E-state index is 9.71. The largest absolute Gasteiger partial charge is 0.506 e. The minimum atomic E-state index is 0.0987. The van der Waals surface area contributed by atoms with Gasteiger partial charge in [0.2, 0.25) is 0 Å². The zero-order valence-electron chi connectivity index (χ0n) is 9.29. The third kappa shape index (κ3) is 2.25. The van der Waals surface area contributed by atoms with Crippen LogP contribution in [-0.4, -0.2) is 25.3 Å². The second-order valence-electron chi connectivity index (χ2n) is 4.10. The van der Waals surface area contributed by atoms with Gasteiger partial charge in [-0.2, -0.15) is 0 Å². The molecular weight excluding hydrogens is 226 g/mol. The van der Waals surface area contributed by atoms with Crippen LogP contribution in [0.2, 0.25) is 5.02 Å². The molecule has 1 atom stereocenters. The Balaban J connectivity index is 2.29. The Morgan fingerprint density at radius 2 is 2.31 bits per heavy atom. The Kier molecular flexibility index (Phi) is 3.56. The van der Waals surface area contributed by atoms with E-state index in [2.05, 4.69) is 5.32 Å². The summed E-state index contributed by atoms with van der Waals surface area (Å²) in [7, 11) is 1.56. The van der Waals surface area contributed by atoms with Crippen molar-refractivity contribution in [3.8, 4) is 11.5 Å². The molecule has 2 rings (SSSR count). The molecule has 3 nitrogen and oxygen atoms in total. The van der Waals surface area contributed by atoms with Gasteiger partial charge in [0.15, 0.2) is 0 Å². The maximum absolute atomic E-state index is 9.71. The molecule has 0 spiro atoms. The summed E-state index contributed by atoms with van der Waals surface area (Å²) in [6.07, 6.45) is 2.30. The molecular formula is C12H16ClNO2. The van der Waals surface area contributed by atoms with Crippen molar-refractivity contribution in [3.63, 3.8) is 0 Å². The summed E-state index contributed by atoms with van der Waals surface area (Å²) in [4.78, 5) is 0. The quantitative estimate of drug-likeness (QED) is 0.836. The van der Waals surface area contributed by atoms with Gasteiger partial charge in [0.25, 0.3) is 0 Å². The third-order valence-electron chi connectivity index (χ3n) is 3.03. The van der Waals surface area contributed by atoms with E-state index in [9.17, 15) is 5.11 Å². The number of rotatable bonds is 2. The van der Waals surface area contributed by atoms with Gasteiger partial charge in [0, 0.05) is 6.54 Å². The third-order valence-corrected chi connectivity index (χ3v) is 3.41. The second kappa shape index (κ2) is 4.93. The number of phenolic OH excluding ortho intramolecular Hbond substituents is 1. The Bertz CT molecular complexity index is 376. The molecule has 0 aliphatic carbocycles. The molecule has 1 aliphatic rings. The standard InChI is InChI=1S/C12H16ClNO2/c1-16-11-6-9(5-10(15)12(11)13)8-3-2-4-14-7-8/h5-6,8,14-15H,2-4,7H2,1H3. The van der Waals surface area contributed by atoms with E-state index in [0.717, 1.165) is 31.5 Å². The van der Waals surface area contributed by atoms with Gasteiger partial charge in [-0.05, 0) is 43.0 Å². The average Bonchev–Trinajstić information content (AvgIpc) is 2.33. The van der Waals surface area contributed by atoms with Crippen molar-refractivity contribution in [1.82, 2.24) is 5.32 Å². The van der Waals surface area contributed by atoms with Crippen molar-refractivity contribution >= 4 is 11.6 Å². The van der Waals surface area contributed by atoms with Gasteiger partial charge in [-0.15, -0.1) is 0 Å². The topological polar surface area (TPSA) is 41.5 Å². The highest BCUT2D eigenvalue weighted by molar-refractivity contribution is 6.33. The van der Waals surface area contributed by atoms with E-state index in [1.54, 1.807) is 13.2 Å². The summed E-state index contributed by atoms with van der Waals surface area (Å²) >= 11 is 5.91. The van der Waals surface area contributed by atoms with E-state index < -0.39 is 0 Å². The lowest BCUT2D eigenvalue weighted by Gasteiger charge is -2.23. The highest BCUT2D eigenvalue weighted by Gasteiger charge is 2.18. The Morgan fingerprint density at radius 1 is 1.50 bits per heavy atom. The lowest BCUT2D eigenvalue weighted by Crippen LogP contribution is -2.28. The van der Waals surface area contributed by atoms with Crippen LogP contribution in [-0.2, 0) is 0 Å². The lowest BCUT2D eigenvalue weighted by molar-refractivity contribution is 0.403. The van der Waals surface area contributed by atoms with Crippen LogP contribution in [0.1, 0.15) is 24.3 Å². The molecule has 0 aromatic heterocycles. The van der Waals surface area contributed by atoms with E-state index >= 15 is 0 Å². The number of benzene rings is 1. The van der Waals surface area contributed by atoms with Crippen molar-refractivity contribution in [2.75, 3.05) is 20.2 Å². The molecule has 1 aromatic carbocycles. The molecule has 0 amide bonds. The number of methoxy groups -OCH3 is 1. The first-order chi connectivity index (χ1) is 7.72. The number of aromatic hydroxyl groups is 1. The summed E-state index contributed by atoms with van der Waals surface area (Å²) in [6.45, 7) is 2.03. The van der Waals surface area contributed by atoms with Gasteiger partial charge in [0.1, 0.15) is 16.5 Å². The maximum Gasteiger partial charge on any atom is 0.141 e. The van der Waals surface area contributed by atoms with Gasteiger partial charge in [-0.3, -0.25) is 0 Å². The summed E-state index contributed by atoms with van der Waals surface area (Å²) in [5, 5.41) is 13.3. The Labute approximate surface area is 100 Å². The summed E-state index contributed by atoms with van der Waals surface area (Å²) < 4.78 is 5.14. The highest BCUT2D eigenvalue weighted by Crippen LogP contribution is 2.37. The van der Waals surface area contributed by atoms with Crippen molar-refractivity contribution in [2.45, 2.75) is 18.8 Å². The van der Waals surface area contributed by atoms with E-state index in [-0.39, 0.29) is 10.8 Å². The fraction of sp³-hybridized carbons (Fsp3) is 0.500. The molecule has 1 heterocycles. The molecule has 1 saturated heterocycles. The van der Waals surface area contributed by atoms with Gasteiger partial charge < -0.3 is 15.2 Å². The van der Waals surface area contributed by atoms with Crippen LogP contribution in [0, 0.1) is 0 Å². The fourth-order valence-electron chi connectivity index (χ4n) is 2.12. The van der Waals surface area contributed by atoms with E-state index in [1.807, 2.05) is 6.07 Å². The molecule has 2 N–H and O–H groups in total. The first-order valence-electron chi connectivity index (χ1n) is 5.49. The highest BCUT2D eigenvalue weighted by atomic mass is 35.5. The molecule has 16 heavy (non-hydrogen) atoms. The minimum absolute atomic E-state index is 0.0987. The smallest absolute Gasteiger partial charge is 0.141 e. The molecule has 0 radical (unpaired) electrons. The monoisotopic (exact) mass is 241 g/mol. The van der Waals surface area contributed by atoms with Crippen LogP contribution < -0.4 is 10.1 Å². The number of piperidine rings is 1. The number of hydrogen-bond donors (Lipinski definition) is 2. The molecule has 88 valence electrons. The first kappa shape index (κ1) is 11.6. The molecule has 1 aromatic rings. The molecule has 1 fully saturated rings. The van der Waals surface area contributed by atoms with E-state index in [0.29, 0.717) is 11.7 Å². The number of nitrogens with one attached hydrogen (secondary N) is 1. The molecule has 0 saturated carbocycles. The van der Waals surface area contributed by atoms with Crippen LogP contribution in [0.5, 0.6) is 11.5 Å². The predicted octanol–water partition coefficient (Wildman–Crippen LogP) is 2.52. The number of halogens is 1. The van der Waals surface area contributed by atoms with E-state index in [1.165, 1.54) is 0 Å². The normalized spacial score (nSPS) is 20.8. The lowest BCUT2D eigenvalue weighted by atomic mass is 9.91. The average molecular weight is 242 g/mol. The van der Waals surface area contributed by atoms with Gasteiger partial charge in [0.05, 0.1) is 7.11 Å². The van der Waals surface area contributed by atoms with Crippen LogP contribution in [0.25, 0.3) is 0 Å². The van der Waals surface area contributed by atoms with Crippen molar-refractivity contribution in [3.05, 3.63) is 22.7 Å². The molecule has 1 unspecified atom stereocenters. The summed E-state index contributed by atoms with van der Waals surface area (Å²) in [6, 6.07) is 3.66. The zero-order chi connectivity index (χ0) is 11.5. The minimum Gasteiger partial charge on any atom is -0.506 e. The number of ether oxygens (including phenoxy) is 1. The summed E-state index contributed by atoms with van der Waals surface area (Å²) in [5.41, 5.74) is 1.09. The van der Waals surface area contributed by atoms with Crippen LogP contribution in [0.4, 0.5) is 0 Å². The predicted molar refractivity (Wildman–Crippen MR) is 64.5 cm³/mol. The molecule has 1 aliphatic heterocycles. The SMILES string of the molecule is COc1cc(C2CCCNC2)cc(O)c1Cl. The molecule has 0 bridgehead atoms. The Morgan fingerprint density at radius 3 is 2.94 bits per heavy atom. The number of phenols is 1. The van der Waals surface area contributed by atoms with Crippen LogP contribution in [0.3, 0.4) is 0 Å². The van der Waals surface area contributed by atoms with Crippen molar-refractivity contribution in [1.29, 1.82) is 0 Å². The Hall–Kier alpha value is -0.930. The van der Waals surface area contributed by atoms with Gasteiger partial charge in [-0.25, -0.2) is 0 Å². The van der Waals surface area contributed by atoms with Crippen molar-refractivity contribution < 1.29 is 9.84 Å². The van der Waals surface area contributed by atoms with Crippen LogP contribution in [0.15, 0.2) is 12.1 Å². The van der Waals surface area contributed by atoms with E-state index in [4.69, 9.17) is 16.3 Å². The summed E-state index contributed by atoms with van der Waals surface area (Å²) in [5.74, 6) is 1.08. The number of hydrogen-bond acceptors (Lipinski definition) is 3. The van der Waals surface area contributed by atoms with Crippen LogP contribution >= 0.6 is 11.6 Å². The fourth-order valence-corrected chi connectivity index (χ4v) is 2.31. The van der Waals surface area contributed by atoms with Gasteiger partial charge in [-0.1, -0.05) is 11.6 Å². The molecule has 4 heteroatoms. The zero-order valence-corrected chi connectivity index (χ0v) is 10.0. The van der Waals surface area contributed by atoms with Gasteiger partial charge >= 0.3 is 0 Å².